The van der Waals surface area contributed by atoms with Gasteiger partial charge in [0, 0.05) is 58.4 Å². The Morgan fingerprint density at radius 1 is 1.03 bits per heavy atom. The van der Waals surface area contributed by atoms with E-state index in [0.29, 0.717) is 49.9 Å². The Bertz CT molecular complexity index is 999. The van der Waals surface area contributed by atoms with Gasteiger partial charge < -0.3 is 19.1 Å². The van der Waals surface area contributed by atoms with Crippen molar-refractivity contribution in [2.45, 2.75) is 6.54 Å². The van der Waals surface area contributed by atoms with Gasteiger partial charge in [-0.05, 0) is 42.0 Å². The van der Waals surface area contributed by atoms with Crippen LogP contribution >= 0.6 is 0 Å². The molecule has 0 aromatic carbocycles. The van der Waals surface area contributed by atoms with Crippen LogP contribution in [0.25, 0.3) is 0 Å². The van der Waals surface area contributed by atoms with Crippen LogP contribution in [0.15, 0.2) is 65.7 Å². The van der Waals surface area contributed by atoms with E-state index in [0.717, 1.165) is 5.56 Å². The van der Waals surface area contributed by atoms with Crippen molar-refractivity contribution in [1.29, 1.82) is 0 Å². The van der Waals surface area contributed by atoms with E-state index < -0.39 is 0 Å². The highest BCUT2D eigenvalue weighted by atomic mass is 16.3. The van der Waals surface area contributed by atoms with Gasteiger partial charge in [0.05, 0.1) is 11.8 Å². The second-order valence-electron chi connectivity index (χ2n) is 7.15. The molecule has 0 radical (unpaired) electrons. The van der Waals surface area contributed by atoms with Gasteiger partial charge in [-0.2, -0.15) is 0 Å². The van der Waals surface area contributed by atoms with Crippen molar-refractivity contribution in [1.82, 2.24) is 19.8 Å². The summed E-state index contributed by atoms with van der Waals surface area (Å²) in [4.78, 5) is 39.6. The highest BCUT2D eigenvalue weighted by Gasteiger charge is 2.27. The van der Waals surface area contributed by atoms with Crippen LogP contribution in [0, 0.1) is 0 Å². The van der Waals surface area contributed by atoms with Gasteiger partial charge in [0.2, 0.25) is 0 Å². The van der Waals surface area contributed by atoms with Crippen molar-refractivity contribution in [3.63, 3.8) is 0 Å². The number of carbonyl (C=O) groups is 2. The standard InChI is InChI=1S/C22H23N5O3/c1-25(16-17-6-9-23-10-7-17)21(28)18-4-2-8-24-20(18)26-11-13-27(14-12-26)22(29)19-5-3-15-30-19/h2-10,15H,11-14,16H2,1H3. The molecule has 4 rings (SSSR count). The lowest BCUT2D eigenvalue weighted by Gasteiger charge is -2.36. The molecular weight excluding hydrogens is 382 g/mol. The number of piperazine rings is 1. The number of rotatable bonds is 5. The van der Waals surface area contributed by atoms with Crippen LogP contribution in [-0.2, 0) is 6.54 Å². The summed E-state index contributed by atoms with van der Waals surface area (Å²) in [5, 5.41) is 0. The Morgan fingerprint density at radius 3 is 2.50 bits per heavy atom. The van der Waals surface area contributed by atoms with E-state index in [1.54, 1.807) is 59.7 Å². The maximum absolute atomic E-state index is 13.1. The molecule has 0 unspecified atom stereocenters. The lowest BCUT2D eigenvalue weighted by Crippen LogP contribution is -2.49. The predicted octanol–water partition coefficient (Wildman–Crippen LogP) is 2.30. The summed E-state index contributed by atoms with van der Waals surface area (Å²) in [6.45, 7) is 2.75. The van der Waals surface area contributed by atoms with E-state index in [2.05, 4.69) is 14.9 Å². The molecule has 4 heterocycles. The van der Waals surface area contributed by atoms with Crippen molar-refractivity contribution in [2.24, 2.45) is 0 Å². The first-order valence-electron chi connectivity index (χ1n) is 9.80. The van der Waals surface area contributed by atoms with Crippen LogP contribution in [0.3, 0.4) is 0 Å². The minimum Gasteiger partial charge on any atom is -0.459 e. The number of aromatic nitrogens is 2. The van der Waals surface area contributed by atoms with E-state index in [1.807, 2.05) is 12.1 Å². The van der Waals surface area contributed by atoms with Gasteiger partial charge in [0.15, 0.2) is 5.76 Å². The van der Waals surface area contributed by atoms with Gasteiger partial charge in [0.1, 0.15) is 5.82 Å². The fourth-order valence-electron chi connectivity index (χ4n) is 3.53. The molecule has 0 aliphatic carbocycles. The summed E-state index contributed by atoms with van der Waals surface area (Å²) in [7, 11) is 1.78. The molecule has 8 nitrogen and oxygen atoms in total. The van der Waals surface area contributed by atoms with Crippen molar-refractivity contribution < 1.29 is 14.0 Å². The number of anilines is 1. The number of nitrogens with zero attached hydrogens (tertiary/aromatic N) is 5. The maximum atomic E-state index is 13.1. The van der Waals surface area contributed by atoms with Crippen LogP contribution in [0.5, 0.6) is 0 Å². The molecule has 8 heteroatoms. The quantitative estimate of drug-likeness (QED) is 0.648. The lowest BCUT2D eigenvalue weighted by molar-refractivity contribution is 0.0712. The predicted molar refractivity (Wildman–Crippen MR) is 111 cm³/mol. The highest BCUT2D eigenvalue weighted by Crippen LogP contribution is 2.22. The third-order valence-corrected chi connectivity index (χ3v) is 5.13. The second kappa shape index (κ2) is 8.77. The molecule has 154 valence electrons. The van der Waals surface area contributed by atoms with Crippen LogP contribution in [0.4, 0.5) is 5.82 Å². The van der Waals surface area contributed by atoms with E-state index in [-0.39, 0.29) is 11.8 Å². The van der Waals surface area contributed by atoms with Gasteiger partial charge in [-0.25, -0.2) is 4.98 Å². The molecule has 1 fully saturated rings. The third-order valence-electron chi connectivity index (χ3n) is 5.13. The van der Waals surface area contributed by atoms with Crippen molar-refractivity contribution in [3.05, 3.63) is 78.1 Å². The Balaban J connectivity index is 1.44. The molecule has 0 bridgehead atoms. The fourth-order valence-corrected chi connectivity index (χ4v) is 3.53. The van der Waals surface area contributed by atoms with Crippen LogP contribution in [0.1, 0.15) is 26.5 Å². The van der Waals surface area contributed by atoms with Gasteiger partial charge in [-0.1, -0.05) is 0 Å². The molecule has 0 saturated carbocycles. The summed E-state index contributed by atoms with van der Waals surface area (Å²) in [6.07, 6.45) is 6.62. The molecule has 1 aliphatic heterocycles. The zero-order chi connectivity index (χ0) is 20.9. The average molecular weight is 405 g/mol. The summed E-state index contributed by atoms with van der Waals surface area (Å²) in [5.74, 6) is 0.780. The number of pyridine rings is 2. The molecule has 3 aromatic heterocycles. The van der Waals surface area contributed by atoms with Crippen LogP contribution in [0.2, 0.25) is 0 Å². The van der Waals surface area contributed by atoms with Crippen molar-refractivity contribution in [3.8, 4) is 0 Å². The van der Waals surface area contributed by atoms with E-state index >= 15 is 0 Å². The molecule has 0 atom stereocenters. The summed E-state index contributed by atoms with van der Waals surface area (Å²) in [6, 6.07) is 10.7. The molecule has 30 heavy (non-hydrogen) atoms. The first-order chi connectivity index (χ1) is 14.6. The number of amides is 2. The van der Waals surface area contributed by atoms with Gasteiger partial charge in [-0.15, -0.1) is 0 Å². The normalized spacial score (nSPS) is 13.9. The summed E-state index contributed by atoms with van der Waals surface area (Å²) < 4.78 is 5.21. The molecule has 1 aliphatic rings. The van der Waals surface area contributed by atoms with Crippen molar-refractivity contribution >= 4 is 17.6 Å². The molecule has 1 saturated heterocycles. The molecular formula is C22H23N5O3. The summed E-state index contributed by atoms with van der Waals surface area (Å²) in [5.41, 5.74) is 1.57. The number of furan rings is 1. The van der Waals surface area contributed by atoms with Crippen LogP contribution in [-0.4, -0.2) is 64.8 Å². The Kier molecular flexibility index (Phi) is 5.74. The number of carbonyl (C=O) groups excluding carboxylic acids is 2. The largest absolute Gasteiger partial charge is 0.459 e. The van der Waals surface area contributed by atoms with Gasteiger partial charge in [0.25, 0.3) is 11.8 Å². The second-order valence-corrected chi connectivity index (χ2v) is 7.15. The maximum Gasteiger partial charge on any atom is 0.289 e. The first kappa shape index (κ1) is 19.6. The van der Waals surface area contributed by atoms with Gasteiger partial charge in [-0.3, -0.25) is 14.6 Å². The Morgan fingerprint density at radius 2 is 1.80 bits per heavy atom. The van der Waals surface area contributed by atoms with Crippen LogP contribution < -0.4 is 4.90 Å². The monoisotopic (exact) mass is 405 g/mol. The minimum absolute atomic E-state index is 0.0935. The molecule has 2 amide bonds. The third kappa shape index (κ3) is 4.17. The van der Waals surface area contributed by atoms with E-state index in [9.17, 15) is 9.59 Å². The zero-order valence-electron chi connectivity index (χ0n) is 16.8. The minimum atomic E-state index is -0.117. The van der Waals surface area contributed by atoms with Gasteiger partial charge >= 0.3 is 0 Å². The fraction of sp³-hybridized carbons (Fsp3) is 0.273. The molecule has 0 spiro atoms. The summed E-state index contributed by atoms with van der Waals surface area (Å²) >= 11 is 0. The SMILES string of the molecule is CN(Cc1ccncc1)C(=O)c1cccnc1N1CCN(C(=O)c2ccco2)CC1. The first-order valence-corrected chi connectivity index (χ1v) is 9.80. The number of hydrogen-bond donors (Lipinski definition) is 0. The van der Waals surface area contributed by atoms with Crippen molar-refractivity contribution in [2.75, 3.05) is 38.1 Å². The topological polar surface area (TPSA) is 82.8 Å². The average Bonchev–Trinajstić information content (AvgIpc) is 3.34. The molecule has 0 N–H and O–H groups in total. The molecule has 3 aromatic rings. The smallest absolute Gasteiger partial charge is 0.289 e. The Labute approximate surface area is 174 Å². The van der Waals surface area contributed by atoms with E-state index in [1.165, 1.54) is 6.26 Å². The number of hydrogen-bond acceptors (Lipinski definition) is 6. The zero-order valence-corrected chi connectivity index (χ0v) is 16.8. The lowest BCUT2D eigenvalue weighted by atomic mass is 10.1. The van der Waals surface area contributed by atoms with E-state index in [4.69, 9.17) is 4.42 Å². The highest BCUT2D eigenvalue weighted by molar-refractivity contribution is 5.98. The Hall–Kier alpha value is -3.68.